The van der Waals surface area contributed by atoms with Crippen molar-refractivity contribution in [2.24, 2.45) is 5.92 Å². The van der Waals surface area contributed by atoms with Crippen LogP contribution < -0.4 is 20.3 Å². The van der Waals surface area contributed by atoms with Crippen molar-refractivity contribution >= 4 is 52.0 Å². The van der Waals surface area contributed by atoms with E-state index in [-0.39, 0.29) is 42.9 Å². The third-order valence-corrected chi connectivity index (χ3v) is 7.56. The average Bonchev–Trinajstić information content (AvgIpc) is 3.60. The van der Waals surface area contributed by atoms with Gasteiger partial charge in [-0.3, -0.25) is 19.3 Å². The average molecular weight is 571 g/mol. The monoisotopic (exact) mass is 570 g/mol. The van der Waals surface area contributed by atoms with Gasteiger partial charge in [0.05, 0.1) is 21.5 Å². The summed E-state index contributed by atoms with van der Waals surface area (Å²) in [6.07, 6.45) is 2.14. The summed E-state index contributed by atoms with van der Waals surface area (Å²) in [7, 11) is 0. The molecule has 4 rings (SSSR count). The maximum Gasteiger partial charge on any atom is 0.387 e. The van der Waals surface area contributed by atoms with Crippen LogP contribution in [0.5, 0.6) is 5.75 Å². The number of ether oxygens (including phenoxy) is 2. The molecule has 1 aliphatic carbocycles. The van der Waals surface area contributed by atoms with E-state index >= 15 is 0 Å². The van der Waals surface area contributed by atoms with Crippen molar-refractivity contribution in [3.8, 4) is 5.75 Å². The van der Waals surface area contributed by atoms with Crippen molar-refractivity contribution in [2.75, 3.05) is 49.6 Å². The van der Waals surface area contributed by atoms with Crippen molar-refractivity contribution in [2.45, 2.75) is 32.4 Å². The third-order valence-electron chi connectivity index (χ3n) is 6.33. The van der Waals surface area contributed by atoms with E-state index in [0.717, 1.165) is 24.2 Å². The number of thiophene rings is 1. The lowest BCUT2D eigenvalue weighted by molar-refractivity contribution is -0.125. The highest BCUT2D eigenvalue weighted by molar-refractivity contribution is 7.18. The Morgan fingerprint density at radius 3 is 2.71 bits per heavy atom. The van der Waals surface area contributed by atoms with Gasteiger partial charge in [0.15, 0.2) is 5.75 Å². The van der Waals surface area contributed by atoms with Gasteiger partial charge in [-0.05, 0) is 49.6 Å². The Balaban J connectivity index is 1.53. The van der Waals surface area contributed by atoms with Crippen LogP contribution in [0, 0.1) is 5.92 Å². The highest BCUT2D eigenvalue weighted by atomic mass is 35.5. The first kappa shape index (κ1) is 28.2. The lowest BCUT2D eigenvalue weighted by Gasteiger charge is -2.30. The summed E-state index contributed by atoms with van der Waals surface area (Å²) in [6, 6.07) is 6.73. The molecule has 1 atom stereocenters. The quantitative estimate of drug-likeness (QED) is 0.402. The first-order chi connectivity index (χ1) is 18.2. The van der Waals surface area contributed by atoms with Crippen LogP contribution in [0.4, 0.5) is 20.2 Å². The number of nitrogens with zero attached hydrogens (tertiary/aromatic N) is 2. The van der Waals surface area contributed by atoms with Gasteiger partial charge in [-0.15, -0.1) is 11.3 Å². The summed E-state index contributed by atoms with van der Waals surface area (Å²) in [5.41, 5.74) is 0.387. The Labute approximate surface area is 228 Å². The number of anilines is 2. The number of amides is 3. The predicted octanol–water partition coefficient (Wildman–Crippen LogP) is 3.84. The Bertz CT molecular complexity index is 1160. The van der Waals surface area contributed by atoms with Crippen LogP contribution in [0.3, 0.4) is 0 Å². The molecule has 2 N–H and O–H groups in total. The third kappa shape index (κ3) is 7.40. The SMILES string of the molecule is CCN(CC1CC1)[C@@H](CNC(=O)c1ccc(Cl)s1)C(=O)Nc1ccc(N2CCOCC2=O)cc1OC(F)F. The first-order valence-corrected chi connectivity index (χ1v) is 13.5. The number of rotatable bonds is 12. The van der Waals surface area contributed by atoms with Crippen molar-refractivity contribution in [3.63, 3.8) is 0 Å². The molecule has 2 fully saturated rings. The van der Waals surface area contributed by atoms with E-state index in [0.29, 0.717) is 40.5 Å². The molecule has 13 heteroatoms. The second-order valence-electron chi connectivity index (χ2n) is 9.01. The van der Waals surface area contributed by atoms with Crippen LogP contribution in [-0.4, -0.2) is 74.7 Å². The summed E-state index contributed by atoms with van der Waals surface area (Å²) in [4.78, 5) is 42.1. The molecule has 0 unspecified atom stereocenters. The summed E-state index contributed by atoms with van der Waals surface area (Å²) in [5, 5.41) is 5.49. The van der Waals surface area contributed by atoms with Gasteiger partial charge in [0.25, 0.3) is 11.8 Å². The molecule has 38 heavy (non-hydrogen) atoms. The highest BCUT2D eigenvalue weighted by Crippen LogP contribution is 2.33. The summed E-state index contributed by atoms with van der Waals surface area (Å²) in [6.45, 7) is 0.478. The fourth-order valence-electron chi connectivity index (χ4n) is 4.19. The van der Waals surface area contributed by atoms with Gasteiger partial charge in [-0.25, -0.2) is 0 Å². The Morgan fingerprint density at radius 2 is 2.08 bits per heavy atom. The molecule has 0 radical (unpaired) electrons. The minimum Gasteiger partial charge on any atom is -0.433 e. The van der Waals surface area contributed by atoms with Crippen molar-refractivity contribution in [1.82, 2.24) is 10.2 Å². The van der Waals surface area contributed by atoms with Gasteiger partial charge in [-0.2, -0.15) is 8.78 Å². The second-order valence-corrected chi connectivity index (χ2v) is 10.7. The number of carbonyl (C=O) groups excluding carboxylic acids is 3. The number of morpholine rings is 1. The molecule has 3 amide bonds. The standard InChI is InChI=1S/C25H29ClF2N4O5S/c1-2-31(13-15-3-4-15)18(12-29-24(35)20-7-8-21(26)38-20)23(34)30-17-6-5-16(11-19(17)37-25(27)28)32-9-10-36-14-22(32)33/h5-8,11,15,18,25H,2-4,9-10,12-14H2,1H3,(H,29,35)(H,30,34)/t18-/m0/s1. The van der Waals surface area contributed by atoms with Gasteiger partial charge in [0.1, 0.15) is 12.6 Å². The van der Waals surface area contributed by atoms with Crippen molar-refractivity contribution < 1.29 is 32.6 Å². The first-order valence-electron chi connectivity index (χ1n) is 12.3. The molecule has 1 aliphatic heterocycles. The zero-order chi connectivity index (χ0) is 27.2. The normalized spacial score (nSPS) is 16.6. The van der Waals surface area contributed by atoms with Gasteiger partial charge in [-0.1, -0.05) is 18.5 Å². The molecule has 9 nitrogen and oxygen atoms in total. The minimum atomic E-state index is -3.14. The van der Waals surface area contributed by atoms with Gasteiger partial charge < -0.3 is 25.0 Å². The zero-order valence-electron chi connectivity index (χ0n) is 20.8. The van der Waals surface area contributed by atoms with Crippen molar-refractivity contribution in [3.05, 3.63) is 39.5 Å². The van der Waals surface area contributed by atoms with Gasteiger partial charge in [0.2, 0.25) is 5.91 Å². The summed E-state index contributed by atoms with van der Waals surface area (Å²) < 4.78 is 36.8. The fourth-order valence-corrected chi connectivity index (χ4v) is 5.15. The minimum absolute atomic E-state index is 0.00610. The molecule has 0 bridgehead atoms. The highest BCUT2D eigenvalue weighted by Gasteiger charge is 2.32. The van der Waals surface area contributed by atoms with Crippen molar-refractivity contribution in [1.29, 1.82) is 0 Å². The molecule has 1 saturated heterocycles. The van der Waals surface area contributed by atoms with Gasteiger partial charge in [0, 0.05) is 31.4 Å². The van der Waals surface area contributed by atoms with E-state index in [1.165, 1.54) is 17.0 Å². The van der Waals surface area contributed by atoms with Crippen LogP contribution in [0.25, 0.3) is 0 Å². The van der Waals surface area contributed by atoms with E-state index in [2.05, 4.69) is 10.6 Å². The van der Waals surface area contributed by atoms with Crippen LogP contribution in [-0.2, 0) is 14.3 Å². The largest absolute Gasteiger partial charge is 0.433 e. The Hall–Kier alpha value is -2.80. The Morgan fingerprint density at radius 1 is 1.29 bits per heavy atom. The molecule has 0 spiro atoms. The van der Waals surface area contributed by atoms with Crippen LogP contribution in [0.15, 0.2) is 30.3 Å². The maximum atomic E-state index is 13.5. The van der Waals surface area contributed by atoms with E-state index in [1.807, 2.05) is 11.8 Å². The number of halogens is 3. The molecule has 206 valence electrons. The lowest BCUT2D eigenvalue weighted by Crippen LogP contribution is -2.51. The van der Waals surface area contributed by atoms with Crippen LogP contribution in [0.2, 0.25) is 4.34 Å². The molecule has 2 heterocycles. The van der Waals surface area contributed by atoms with E-state index < -0.39 is 18.6 Å². The molecule has 2 aliphatic rings. The van der Waals surface area contributed by atoms with E-state index in [1.54, 1.807) is 18.2 Å². The number of likely N-dealkylation sites (N-methyl/N-ethyl adjacent to an activating group) is 1. The predicted molar refractivity (Wildman–Crippen MR) is 140 cm³/mol. The molecule has 2 aromatic rings. The zero-order valence-corrected chi connectivity index (χ0v) is 22.3. The lowest BCUT2D eigenvalue weighted by atomic mass is 10.1. The topological polar surface area (TPSA) is 100 Å². The summed E-state index contributed by atoms with van der Waals surface area (Å²) in [5.74, 6) is -0.946. The molecule has 1 aromatic carbocycles. The number of hydrogen-bond donors (Lipinski definition) is 2. The smallest absolute Gasteiger partial charge is 0.387 e. The maximum absolute atomic E-state index is 13.5. The van der Waals surface area contributed by atoms with Crippen LogP contribution in [0.1, 0.15) is 29.4 Å². The fraction of sp³-hybridized carbons (Fsp3) is 0.480. The van der Waals surface area contributed by atoms with Crippen LogP contribution >= 0.6 is 22.9 Å². The van der Waals surface area contributed by atoms with E-state index in [4.69, 9.17) is 21.1 Å². The number of alkyl halides is 2. The summed E-state index contributed by atoms with van der Waals surface area (Å²) >= 11 is 7.07. The number of nitrogens with one attached hydrogen (secondary N) is 2. The molecular weight excluding hydrogens is 542 g/mol. The second kappa shape index (κ2) is 12.8. The van der Waals surface area contributed by atoms with Gasteiger partial charge >= 0.3 is 6.61 Å². The molecular formula is C25H29ClF2N4O5S. The number of carbonyl (C=O) groups is 3. The van der Waals surface area contributed by atoms with E-state index in [9.17, 15) is 23.2 Å². The molecule has 1 saturated carbocycles. The number of hydrogen-bond acceptors (Lipinski definition) is 7. The molecule has 1 aromatic heterocycles. The number of benzene rings is 1. The Kier molecular flexibility index (Phi) is 9.53.